The summed E-state index contributed by atoms with van der Waals surface area (Å²) in [5, 5.41) is 17.7. The Hall–Kier alpha value is -2.86. The van der Waals surface area contributed by atoms with E-state index in [1.165, 1.54) is 6.07 Å². The van der Waals surface area contributed by atoms with Gasteiger partial charge >= 0.3 is 5.97 Å². The maximum atomic E-state index is 11.0. The van der Waals surface area contributed by atoms with Crippen LogP contribution in [0.3, 0.4) is 0 Å². The van der Waals surface area contributed by atoms with Crippen LogP contribution in [-0.2, 0) is 0 Å². The first-order chi connectivity index (χ1) is 10.7. The molecule has 0 saturated carbocycles. The van der Waals surface area contributed by atoms with Gasteiger partial charge in [-0.25, -0.2) is 9.78 Å². The van der Waals surface area contributed by atoms with Gasteiger partial charge in [0, 0.05) is 5.56 Å². The first-order valence-electron chi connectivity index (χ1n) is 6.74. The lowest BCUT2D eigenvalue weighted by atomic mass is 10.2. The number of aromatic carboxylic acids is 1. The van der Waals surface area contributed by atoms with Gasteiger partial charge in [0.25, 0.3) is 0 Å². The molecule has 0 radical (unpaired) electrons. The van der Waals surface area contributed by atoms with Crippen LogP contribution in [0, 0.1) is 0 Å². The number of carbonyl (C=O) groups is 1. The van der Waals surface area contributed by atoms with Crippen LogP contribution in [0.5, 0.6) is 5.75 Å². The summed E-state index contributed by atoms with van der Waals surface area (Å²) in [5.74, 6) is 0.358. The highest BCUT2D eigenvalue weighted by Gasteiger charge is 2.09. The maximum absolute atomic E-state index is 11.0. The van der Waals surface area contributed by atoms with Gasteiger partial charge in [-0.1, -0.05) is 0 Å². The lowest BCUT2D eigenvalue weighted by molar-refractivity contribution is 0.0697. The van der Waals surface area contributed by atoms with Crippen molar-refractivity contribution in [3.05, 3.63) is 48.0 Å². The number of aliphatic hydroxyl groups excluding tert-OH is 1. The van der Waals surface area contributed by atoms with Gasteiger partial charge in [0.2, 0.25) is 0 Å². The SMILES string of the molecule is O=C(O)c1ccc2nc(-c3ccc(OCCO)cc3)[nH]c2c1. The first-order valence-corrected chi connectivity index (χ1v) is 6.74. The molecule has 1 heterocycles. The van der Waals surface area contributed by atoms with Gasteiger partial charge in [0.1, 0.15) is 18.2 Å². The first kappa shape index (κ1) is 14.1. The number of aliphatic hydroxyl groups is 1. The molecule has 0 bridgehead atoms. The molecule has 22 heavy (non-hydrogen) atoms. The normalized spacial score (nSPS) is 10.8. The summed E-state index contributed by atoms with van der Waals surface area (Å²) in [6.07, 6.45) is 0. The van der Waals surface area contributed by atoms with Gasteiger partial charge < -0.3 is 19.9 Å². The number of aromatic nitrogens is 2. The molecule has 112 valence electrons. The van der Waals surface area contributed by atoms with E-state index in [0.29, 0.717) is 22.6 Å². The Morgan fingerprint density at radius 1 is 1.18 bits per heavy atom. The van der Waals surface area contributed by atoms with E-state index in [4.69, 9.17) is 14.9 Å². The highest BCUT2D eigenvalue weighted by atomic mass is 16.5. The highest BCUT2D eigenvalue weighted by Crippen LogP contribution is 2.23. The second-order valence-electron chi connectivity index (χ2n) is 4.72. The van der Waals surface area contributed by atoms with E-state index in [2.05, 4.69) is 9.97 Å². The fourth-order valence-electron chi connectivity index (χ4n) is 2.15. The van der Waals surface area contributed by atoms with Crippen molar-refractivity contribution in [2.24, 2.45) is 0 Å². The Kier molecular flexibility index (Phi) is 3.76. The monoisotopic (exact) mass is 298 g/mol. The fourth-order valence-corrected chi connectivity index (χ4v) is 2.15. The van der Waals surface area contributed by atoms with Gasteiger partial charge in [-0.15, -0.1) is 0 Å². The van der Waals surface area contributed by atoms with Crippen molar-refractivity contribution >= 4 is 17.0 Å². The van der Waals surface area contributed by atoms with Gasteiger partial charge in [-0.05, 0) is 42.5 Å². The van der Waals surface area contributed by atoms with Gasteiger partial charge in [0.15, 0.2) is 0 Å². The van der Waals surface area contributed by atoms with Crippen molar-refractivity contribution < 1.29 is 19.7 Å². The average Bonchev–Trinajstić information content (AvgIpc) is 2.96. The third kappa shape index (κ3) is 2.77. The van der Waals surface area contributed by atoms with E-state index >= 15 is 0 Å². The third-order valence-corrected chi connectivity index (χ3v) is 3.22. The largest absolute Gasteiger partial charge is 0.491 e. The third-order valence-electron chi connectivity index (χ3n) is 3.22. The molecule has 3 rings (SSSR count). The Morgan fingerprint density at radius 2 is 1.95 bits per heavy atom. The highest BCUT2D eigenvalue weighted by molar-refractivity contribution is 5.93. The molecule has 0 spiro atoms. The number of carboxylic acid groups (broad SMARTS) is 1. The number of fused-ring (bicyclic) bond motifs is 1. The zero-order valence-corrected chi connectivity index (χ0v) is 11.6. The zero-order chi connectivity index (χ0) is 15.5. The number of H-pyrrole nitrogens is 1. The quantitative estimate of drug-likeness (QED) is 0.671. The number of benzene rings is 2. The van der Waals surface area contributed by atoms with E-state index in [1.807, 2.05) is 12.1 Å². The van der Waals surface area contributed by atoms with Crippen molar-refractivity contribution in [2.45, 2.75) is 0 Å². The van der Waals surface area contributed by atoms with Crippen LogP contribution in [0.2, 0.25) is 0 Å². The predicted molar refractivity (Wildman–Crippen MR) is 81.1 cm³/mol. The topological polar surface area (TPSA) is 95.4 Å². The molecule has 0 aliphatic rings. The standard InChI is InChI=1S/C16H14N2O4/c19-7-8-22-12-4-1-10(2-5-12)15-17-13-6-3-11(16(20)21)9-14(13)18-15/h1-6,9,19H,7-8H2,(H,17,18)(H,20,21). The number of hydrogen-bond donors (Lipinski definition) is 3. The van der Waals surface area contributed by atoms with Gasteiger partial charge in [0.05, 0.1) is 23.2 Å². The summed E-state index contributed by atoms with van der Waals surface area (Å²) in [5.41, 5.74) is 2.47. The number of nitrogens with zero attached hydrogens (tertiary/aromatic N) is 1. The summed E-state index contributed by atoms with van der Waals surface area (Å²) in [6, 6.07) is 12.1. The maximum Gasteiger partial charge on any atom is 0.335 e. The number of hydrogen-bond acceptors (Lipinski definition) is 4. The molecule has 6 heteroatoms. The molecular formula is C16H14N2O4. The Bertz CT molecular complexity index is 809. The molecule has 3 aromatic rings. The summed E-state index contributed by atoms with van der Waals surface area (Å²) in [6.45, 7) is 0.221. The molecule has 0 aliphatic heterocycles. The van der Waals surface area contributed by atoms with Crippen molar-refractivity contribution in [3.63, 3.8) is 0 Å². The smallest absolute Gasteiger partial charge is 0.335 e. The molecule has 6 nitrogen and oxygen atoms in total. The predicted octanol–water partition coefficient (Wildman–Crippen LogP) is 2.30. The van der Waals surface area contributed by atoms with Crippen LogP contribution in [0.4, 0.5) is 0 Å². The lowest BCUT2D eigenvalue weighted by Gasteiger charge is -2.04. The molecule has 2 aromatic carbocycles. The molecule has 0 unspecified atom stereocenters. The summed E-state index contributed by atoms with van der Waals surface area (Å²) in [7, 11) is 0. The molecule has 0 fully saturated rings. The van der Waals surface area contributed by atoms with Gasteiger partial charge in [-0.2, -0.15) is 0 Å². The molecule has 1 aromatic heterocycles. The van der Waals surface area contributed by atoms with Crippen molar-refractivity contribution in [1.29, 1.82) is 0 Å². The Morgan fingerprint density at radius 3 is 2.64 bits per heavy atom. The van der Waals surface area contributed by atoms with Gasteiger partial charge in [-0.3, -0.25) is 0 Å². The van der Waals surface area contributed by atoms with E-state index < -0.39 is 5.97 Å². The van der Waals surface area contributed by atoms with Crippen LogP contribution in [-0.4, -0.2) is 39.4 Å². The molecule has 0 aliphatic carbocycles. The van der Waals surface area contributed by atoms with E-state index in [-0.39, 0.29) is 18.8 Å². The van der Waals surface area contributed by atoms with Crippen molar-refractivity contribution in [1.82, 2.24) is 9.97 Å². The fraction of sp³-hybridized carbons (Fsp3) is 0.125. The second-order valence-corrected chi connectivity index (χ2v) is 4.72. The number of nitrogens with one attached hydrogen (secondary N) is 1. The summed E-state index contributed by atoms with van der Waals surface area (Å²) < 4.78 is 5.30. The minimum atomic E-state index is -0.969. The molecule has 0 saturated heterocycles. The van der Waals surface area contributed by atoms with Crippen molar-refractivity contribution in [3.8, 4) is 17.1 Å². The van der Waals surface area contributed by atoms with Crippen LogP contribution in [0.1, 0.15) is 10.4 Å². The number of ether oxygens (including phenoxy) is 1. The van der Waals surface area contributed by atoms with Crippen LogP contribution in [0.15, 0.2) is 42.5 Å². The number of rotatable bonds is 5. The van der Waals surface area contributed by atoms with Crippen LogP contribution < -0.4 is 4.74 Å². The number of carboxylic acids is 1. The van der Waals surface area contributed by atoms with Crippen molar-refractivity contribution in [2.75, 3.05) is 13.2 Å². The van der Waals surface area contributed by atoms with E-state index in [1.54, 1.807) is 24.3 Å². The molecule has 0 amide bonds. The lowest BCUT2D eigenvalue weighted by Crippen LogP contribution is -2.01. The summed E-state index contributed by atoms with van der Waals surface area (Å²) in [4.78, 5) is 18.5. The Balaban J connectivity index is 1.91. The zero-order valence-electron chi connectivity index (χ0n) is 11.6. The molecule has 0 atom stereocenters. The van der Waals surface area contributed by atoms with Crippen LogP contribution in [0.25, 0.3) is 22.4 Å². The minimum Gasteiger partial charge on any atom is -0.491 e. The van der Waals surface area contributed by atoms with E-state index in [0.717, 1.165) is 5.56 Å². The minimum absolute atomic E-state index is 0.0305. The Labute approximate surface area is 126 Å². The molecular weight excluding hydrogens is 284 g/mol. The molecule has 3 N–H and O–H groups in total. The van der Waals surface area contributed by atoms with E-state index in [9.17, 15) is 4.79 Å². The average molecular weight is 298 g/mol. The number of imidazole rings is 1. The second kappa shape index (κ2) is 5.87. The summed E-state index contributed by atoms with van der Waals surface area (Å²) >= 11 is 0. The van der Waals surface area contributed by atoms with Crippen LogP contribution >= 0.6 is 0 Å². The number of aromatic amines is 1.